The number of ether oxygens (including phenoxy) is 2. The molecule has 0 radical (unpaired) electrons. The molecule has 10 heteroatoms. The Morgan fingerprint density at radius 1 is 1.08 bits per heavy atom. The molecule has 0 bridgehead atoms. The van der Waals surface area contributed by atoms with Gasteiger partial charge in [0.05, 0.1) is 27.5 Å². The normalized spacial score (nSPS) is 10.8. The minimum atomic E-state index is -0.634. The van der Waals surface area contributed by atoms with Crippen LogP contribution in [-0.2, 0) is 9.59 Å². The first kappa shape index (κ1) is 26.7. The van der Waals surface area contributed by atoms with E-state index < -0.39 is 24.2 Å². The van der Waals surface area contributed by atoms with Crippen molar-refractivity contribution in [3.05, 3.63) is 87.1 Å². The third-order valence-corrected chi connectivity index (χ3v) is 5.54. The number of nitrogens with zero attached hydrogens (tertiary/aromatic N) is 1. The summed E-state index contributed by atoms with van der Waals surface area (Å²) in [6.45, 7) is 1.64. The van der Waals surface area contributed by atoms with Gasteiger partial charge in [-0.3, -0.25) is 9.59 Å². The molecular formula is C26H20BrClFN3O4. The Kier molecular flexibility index (Phi) is 9.45. The van der Waals surface area contributed by atoms with Crippen LogP contribution in [-0.4, -0.2) is 25.0 Å². The zero-order chi connectivity index (χ0) is 26.1. The van der Waals surface area contributed by atoms with Gasteiger partial charge < -0.3 is 20.1 Å². The molecule has 36 heavy (non-hydrogen) atoms. The van der Waals surface area contributed by atoms with Crippen molar-refractivity contribution in [3.63, 3.8) is 0 Å². The van der Waals surface area contributed by atoms with Crippen LogP contribution < -0.4 is 20.1 Å². The summed E-state index contributed by atoms with van der Waals surface area (Å²) in [6, 6.07) is 17.5. The molecule has 0 saturated heterocycles. The second kappa shape index (κ2) is 12.7. The molecule has 0 fully saturated rings. The van der Waals surface area contributed by atoms with Gasteiger partial charge in [0, 0.05) is 0 Å². The Morgan fingerprint density at radius 3 is 2.44 bits per heavy atom. The Morgan fingerprint density at radius 2 is 1.78 bits per heavy atom. The van der Waals surface area contributed by atoms with Crippen LogP contribution in [0.3, 0.4) is 0 Å². The van der Waals surface area contributed by atoms with E-state index >= 15 is 0 Å². The predicted octanol–water partition coefficient (Wildman–Crippen LogP) is 6.20. The van der Waals surface area contributed by atoms with E-state index in [1.54, 1.807) is 49.4 Å². The highest BCUT2D eigenvalue weighted by atomic mass is 79.9. The van der Waals surface area contributed by atoms with Gasteiger partial charge in [0.25, 0.3) is 11.8 Å². The van der Waals surface area contributed by atoms with Crippen molar-refractivity contribution in [2.24, 2.45) is 0 Å². The van der Waals surface area contributed by atoms with Crippen molar-refractivity contribution < 1.29 is 23.5 Å². The lowest BCUT2D eigenvalue weighted by molar-refractivity contribution is -0.118. The molecule has 0 aliphatic heterocycles. The molecular weight excluding hydrogens is 553 g/mol. The SMILES string of the molecule is CCOc1cc(/C=C(\C#N)C(=O)Nc2ccccc2Cl)cc(Br)c1OCC(=O)Nc1ccccc1F. The van der Waals surface area contributed by atoms with Crippen molar-refractivity contribution in [1.29, 1.82) is 5.26 Å². The lowest BCUT2D eigenvalue weighted by Crippen LogP contribution is -2.21. The van der Waals surface area contributed by atoms with Crippen LogP contribution in [0.15, 0.2) is 70.7 Å². The van der Waals surface area contributed by atoms with Crippen molar-refractivity contribution in [2.75, 3.05) is 23.8 Å². The van der Waals surface area contributed by atoms with E-state index in [1.165, 1.54) is 24.3 Å². The Bertz CT molecular complexity index is 1360. The van der Waals surface area contributed by atoms with Gasteiger partial charge in [0.15, 0.2) is 18.1 Å². The van der Waals surface area contributed by atoms with Crippen LogP contribution in [0.4, 0.5) is 15.8 Å². The molecule has 7 nitrogen and oxygen atoms in total. The summed E-state index contributed by atoms with van der Waals surface area (Å²) in [5, 5.41) is 14.9. The second-order valence-electron chi connectivity index (χ2n) is 7.18. The number of hydrogen-bond donors (Lipinski definition) is 2. The van der Waals surface area contributed by atoms with Crippen LogP contribution in [0.25, 0.3) is 6.08 Å². The maximum atomic E-state index is 13.8. The first-order chi connectivity index (χ1) is 17.3. The Labute approximate surface area is 220 Å². The largest absolute Gasteiger partial charge is 0.490 e. The highest BCUT2D eigenvalue weighted by molar-refractivity contribution is 9.10. The van der Waals surface area contributed by atoms with Crippen LogP contribution in [0.2, 0.25) is 5.02 Å². The van der Waals surface area contributed by atoms with E-state index in [9.17, 15) is 19.2 Å². The average molecular weight is 573 g/mol. The first-order valence-electron chi connectivity index (χ1n) is 10.6. The van der Waals surface area contributed by atoms with Gasteiger partial charge in [0.1, 0.15) is 17.5 Å². The van der Waals surface area contributed by atoms with Crippen LogP contribution in [0.5, 0.6) is 11.5 Å². The molecule has 3 rings (SSSR count). The second-order valence-corrected chi connectivity index (χ2v) is 8.45. The Hall–Kier alpha value is -3.87. The molecule has 184 valence electrons. The van der Waals surface area contributed by atoms with Crippen LogP contribution in [0.1, 0.15) is 12.5 Å². The van der Waals surface area contributed by atoms with Gasteiger partial charge in [-0.05, 0) is 70.9 Å². The highest BCUT2D eigenvalue weighted by Crippen LogP contribution is 2.37. The number of nitrogens with one attached hydrogen (secondary N) is 2. The number of anilines is 2. The smallest absolute Gasteiger partial charge is 0.266 e. The molecule has 2 N–H and O–H groups in total. The molecule has 0 unspecified atom stereocenters. The number of halogens is 3. The van der Waals surface area contributed by atoms with E-state index in [0.717, 1.165) is 0 Å². The van der Waals surface area contributed by atoms with Gasteiger partial charge in [-0.2, -0.15) is 5.26 Å². The molecule has 0 spiro atoms. The fraction of sp³-hybridized carbons (Fsp3) is 0.115. The third-order valence-electron chi connectivity index (χ3n) is 4.63. The van der Waals surface area contributed by atoms with Crippen molar-refractivity contribution in [2.45, 2.75) is 6.92 Å². The van der Waals surface area contributed by atoms with Gasteiger partial charge >= 0.3 is 0 Å². The van der Waals surface area contributed by atoms with E-state index in [0.29, 0.717) is 20.7 Å². The zero-order valence-electron chi connectivity index (χ0n) is 19.0. The van der Waals surface area contributed by atoms with Crippen molar-refractivity contribution >= 4 is 56.8 Å². The van der Waals surface area contributed by atoms with Gasteiger partial charge in [0.2, 0.25) is 0 Å². The Balaban J connectivity index is 1.79. The molecule has 0 atom stereocenters. The molecule has 0 saturated carbocycles. The van der Waals surface area contributed by atoms with Gasteiger partial charge in [-0.15, -0.1) is 0 Å². The molecule has 2 amide bonds. The molecule has 0 aromatic heterocycles. The van der Waals surface area contributed by atoms with E-state index in [4.69, 9.17) is 21.1 Å². The van der Waals surface area contributed by atoms with Crippen molar-refractivity contribution in [1.82, 2.24) is 0 Å². The maximum absolute atomic E-state index is 13.8. The summed E-state index contributed by atoms with van der Waals surface area (Å²) in [6.07, 6.45) is 1.38. The summed E-state index contributed by atoms with van der Waals surface area (Å²) in [5.74, 6) is -1.26. The topological polar surface area (TPSA) is 100 Å². The molecule has 0 aliphatic rings. The monoisotopic (exact) mass is 571 g/mol. The number of hydrogen-bond acceptors (Lipinski definition) is 5. The minimum Gasteiger partial charge on any atom is -0.490 e. The lowest BCUT2D eigenvalue weighted by Gasteiger charge is -2.15. The zero-order valence-corrected chi connectivity index (χ0v) is 21.3. The summed E-state index contributed by atoms with van der Waals surface area (Å²) in [7, 11) is 0. The summed E-state index contributed by atoms with van der Waals surface area (Å²) in [4.78, 5) is 24.9. The van der Waals surface area contributed by atoms with Crippen LogP contribution >= 0.6 is 27.5 Å². The van der Waals surface area contributed by atoms with E-state index in [2.05, 4.69) is 26.6 Å². The molecule has 3 aromatic carbocycles. The van der Waals surface area contributed by atoms with E-state index in [-0.39, 0.29) is 29.4 Å². The molecule has 0 heterocycles. The quantitative estimate of drug-likeness (QED) is 0.235. The summed E-state index contributed by atoms with van der Waals surface area (Å²) < 4.78 is 25.5. The van der Waals surface area contributed by atoms with Crippen LogP contribution in [0, 0.1) is 17.1 Å². The number of amides is 2. The van der Waals surface area contributed by atoms with Crippen molar-refractivity contribution in [3.8, 4) is 17.6 Å². The highest BCUT2D eigenvalue weighted by Gasteiger charge is 2.16. The lowest BCUT2D eigenvalue weighted by atomic mass is 10.1. The number of carbonyl (C=O) groups is 2. The summed E-state index contributed by atoms with van der Waals surface area (Å²) in [5.41, 5.74) is 0.718. The number of carbonyl (C=O) groups excluding carboxylic acids is 2. The summed E-state index contributed by atoms with van der Waals surface area (Å²) >= 11 is 9.46. The van der Waals surface area contributed by atoms with Gasteiger partial charge in [-0.1, -0.05) is 35.9 Å². The fourth-order valence-corrected chi connectivity index (χ4v) is 3.79. The molecule has 0 aliphatic carbocycles. The number of rotatable bonds is 9. The molecule has 3 aromatic rings. The standard InChI is InChI=1S/C26H20BrClFN3O4/c1-2-35-23-13-16(11-17(14-30)26(34)32-21-9-5-3-7-19(21)28)12-18(27)25(23)36-15-24(33)31-22-10-6-4-8-20(22)29/h3-13H,2,15H2,1H3,(H,31,33)(H,32,34)/b17-11+. The predicted molar refractivity (Wildman–Crippen MR) is 140 cm³/mol. The third kappa shape index (κ3) is 7.07. The average Bonchev–Trinajstić information content (AvgIpc) is 2.85. The van der Waals surface area contributed by atoms with Gasteiger partial charge in [-0.25, -0.2) is 4.39 Å². The van der Waals surface area contributed by atoms with E-state index in [1.807, 2.05) is 6.07 Å². The number of para-hydroxylation sites is 2. The number of nitriles is 1. The fourth-order valence-electron chi connectivity index (χ4n) is 3.03. The first-order valence-corrected chi connectivity index (χ1v) is 11.8. The number of benzene rings is 3. The maximum Gasteiger partial charge on any atom is 0.266 e. The minimum absolute atomic E-state index is 0.0368.